The van der Waals surface area contributed by atoms with Crippen LogP contribution in [0.5, 0.6) is 0 Å². The molecule has 0 saturated carbocycles. The van der Waals surface area contributed by atoms with Gasteiger partial charge in [-0.25, -0.2) is 16.8 Å². The third kappa shape index (κ3) is 3.31. The van der Waals surface area contributed by atoms with Crippen molar-refractivity contribution < 1.29 is 27.0 Å². The smallest absolute Gasteiger partial charge is 0.154 e. The Bertz CT molecular complexity index is 570. The van der Waals surface area contributed by atoms with Crippen molar-refractivity contribution in [2.45, 2.75) is 24.3 Å². The van der Waals surface area contributed by atoms with Crippen LogP contribution in [0.1, 0.15) is 0 Å². The lowest BCUT2D eigenvalue weighted by Crippen LogP contribution is -2.57. The minimum atomic E-state index is -3.17. The molecule has 3 fully saturated rings. The minimum Gasteiger partial charge on any atom is -0.390 e. The number of hydrogen-bond donors (Lipinski definition) is 2. The van der Waals surface area contributed by atoms with Gasteiger partial charge in [-0.15, -0.1) is 0 Å². The molecule has 0 bridgehead atoms. The van der Waals surface area contributed by atoms with Crippen molar-refractivity contribution in [3.63, 3.8) is 0 Å². The number of hydrogen-bond acceptors (Lipinski definition) is 8. The first-order valence-electron chi connectivity index (χ1n) is 7.42. The van der Waals surface area contributed by atoms with E-state index in [1.807, 2.05) is 9.80 Å². The van der Waals surface area contributed by atoms with Gasteiger partial charge >= 0.3 is 0 Å². The Morgan fingerprint density at radius 1 is 0.636 bits per heavy atom. The Labute approximate surface area is 130 Å². The van der Waals surface area contributed by atoms with Gasteiger partial charge in [-0.1, -0.05) is 0 Å². The molecule has 128 valence electrons. The van der Waals surface area contributed by atoms with Crippen LogP contribution in [0.3, 0.4) is 0 Å². The number of aliphatic hydroxyl groups is 2. The Kier molecular flexibility index (Phi) is 4.28. The van der Waals surface area contributed by atoms with E-state index >= 15 is 0 Å². The van der Waals surface area contributed by atoms with Gasteiger partial charge in [0.15, 0.2) is 19.7 Å². The molecule has 3 aliphatic heterocycles. The molecular formula is C12H22N2O6S2. The fraction of sp³-hybridized carbons (Fsp3) is 1.00. The van der Waals surface area contributed by atoms with Gasteiger partial charge in [0.25, 0.3) is 0 Å². The molecule has 0 aromatic heterocycles. The summed E-state index contributed by atoms with van der Waals surface area (Å²) in [5.74, 6) is -0.405. The summed E-state index contributed by atoms with van der Waals surface area (Å²) < 4.78 is 46.3. The molecule has 0 aromatic carbocycles. The highest BCUT2D eigenvalue weighted by atomic mass is 32.2. The second-order valence-corrected chi connectivity index (χ2v) is 10.8. The van der Waals surface area contributed by atoms with Crippen molar-refractivity contribution >= 4 is 19.7 Å². The molecule has 10 heteroatoms. The molecule has 0 radical (unpaired) electrons. The summed E-state index contributed by atoms with van der Waals surface area (Å²) in [6.45, 7) is 2.28. The third-order valence-electron chi connectivity index (χ3n) is 4.87. The Hall–Kier alpha value is -0.260. The molecule has 3 rings (SSSR count). The summed E-state index contributed by atoms with van der Waals surface area (Å²) in [7, 11) is -6.34. The van der Waals surface area contributed by atoms with Crippen LogP contribution in [0.2, 0.25) is 0 Å². The molecular weight excluding hydrogens is 332 g/mol. The van der Waals surface area contributed by atoms with Crippen LogP contribution in [0.25, 0.3) is 0 Å². The summed E-state index contributed by atoms with van der Waals surface area (Å²) in [5, 5.41) is 19.8. The molecule has 0 amide bonds. The average Bonchev–Trinajstić information content (AvgIpc) is 2.84. The van der Waals surface area contributed by atoms with E-state index in [9.17, 15) is 27.0 Å². The minimum absolute atomic E-state index is 0.0192. The zero-order chi connectivity index (χ0) is 16.1. The van der Waals surface area contributed by atoms with Gasteiger partial charge in [0.05, 0.1) is 47.3 Å². The standard InChI is InChI=1S/C12H22N2O6S2/c15-11-7-21(17,18)5-9(11)13-1-2-14(4-3-13)10-6-22(19,20)8-12(10)16/h9-12,15-16H,1-8H2/t9-,10-,11+,12+/m1/s1. The summed E-state index contributed by atoms with van der Waals surface area (Å²) in [4.78, 5) is 3.92. The van der Waals surface area contributed by atoms with Gasteiger partial charge in [0.1, 0.15) is 0 Å². The Morgan fingerprint density at radius 2 is 0.955 bits per heavy atom. The number of nitrogens with zero attached hydrogens (tertiary/aromatic N) is 2. The molecule has 3 saturated heterocycles. The zero-order valence-corrected chi connectivity index (χ0v) is 13.8. The van der Waals surface area contributed by atoms with E-state index in [-0.39, 0.29) is 35.1 Å². The van der Waals surface area contributed by atoms with Crippen LogP contribution in [-0.2, 0) is 19.7 Å². The molecule has 3 aliphatic rings. The lowest BCUT2D eigenvalue weighted by Gasteiger charge is -2.41. The number of rotatable bonds is 2. The lowest BCUT2D eigenvalue weighted by molar-refractivity contribution is 0.0114. The molecule has 0 spiro atoms. The molecule has 0 aliphatic carbocycles. The van der Waals surface area contributed by atoms with Gasteiger partial charge < -0.3 is 10.2 Å². The molecule has 0 aromatic rings. The second kappa shape index (κ2) is 5.67. The number of piperazine rings is 1. The Morgan fingerprint density at radius 3 is 1.18 bits per heavy atom. The zero-order valence-electron chi connectivity index (χ0n) is 12.2. The average molecular weight is 354 g/mol. The van der Waals surface area contributed by atoms with E-state index in [1.54, 1.807) is 0 Å². The molecule has 3 heterocycles. The van der Waals surface area contributed by atoms with E-state index in [0.29, 0.717) is 26.2 Å². The van der Waals surface area contributed by atoms with Crippen molar-refractivity contribution in [2.24, 2.45) is 0 Å². The van der Waals surface area contributed by atoms with Crippen LogP contribution < -0.4 is 0 Å². The van der Waals surface area contributed by atoms with Crippen molar-refractivity contribution in [3.05, 3.63) is 0 Å². The molecule has 8 nitrogen and oxygen atoms in total. The second-order valence-electron chi connectivity index (χ2n) is 6.50. The monoisotopic (exact) mass is 354 g/mol. The predicted molar refractivity (Wildman–Crippen MR) is 80.0 cm³/mol. The van der Waals surface area contributed by atoms with E-state index in [4.69, 9.17) is 0 Å². The largest absolute Gasteiger partial charge is 0.390 e. The highest BCUT2D eigenvalue weighted by Gasteiger charge is 2.44. The van der Waals surface area contributed by atoms with Crippen LogP contribution in [0.15, 0.2) is 0 Å². The first kappa shape index (κ1) is 16.6. The fourth-order valence-electron chi connectivity index (χ4n) is 3.72. The van der Waals surface area contributed by atoms with Crippen LogP contribution in [0.4, 0.5) is 0 Å². The topological polar surface area (TPSA) is 115 Å². The van der Waals surface area contributed by atoms with Crippen molar-refractivity contribution in [1.29, 1.82) is 0 Å². The maximum absolute atomic E-state index is 11.6. The summed E-state index contributed by atoms with van der Waals surface area (Å²) in [6, 6.07) is -0.742. The number of aliphatic hydroxyl groups excluding tert-OH is 2. The maximum atomic E-state index is 11.6. The maximum Gasteiger partial charge on any atom is 0.154 e. The van der Waals surface area contributed by atoms with Crippen molar-refractivity contribution in [3.8, 4) is 0 Å². The van der Waals surface area contributed by atoms with Gasteiger partial charge in [-0.05, 0) is 0 Å². The summed E-state index contributed by atoms with van der Waals surface area (Å²) >= 11 is 0. The first-order valence-corrected chi connectivity index (χ1v) is 11.1. The van der Waals surface area contributed by atoms with Gasteiger partial charge in [-0.2, -0.15) is 0 Å². The third-order valence-corrected chi connectivity index (χ3v) is 8.27. The normalized spacial score (nSPS) is 42.6. The Balaban J connectivity index is 1.59. The van der Waals surface area contributed by atoms with Gasteiger partial charge in [-0.3, -0.25) is 9.80 Å². The summed E-state index contributed by atoms with van der Waals surface area (Å²) in [5.41, 5.74) is 0. The quantitative estimate of drug-likeness (QED) is 0.536. The number of sulfone groups is 2. The first-order chi connectivity index (χ1) is 10.2. The van der Waals surface area contributed by atoms with E-state index < -0.39 is 31.9 Å². The van der Waals surface area contributed by atoms with Crippen LogP contribution in [-0.4, -0.2) is 110 Å². The predicted octanol–water partition coefficient (Wildman–Crippen LogP) is -3.08. The molecule has 2 N–H and O–H groups in total. The van der Waals surface area contributed by atoms with Crippen LogP contribution in [0, 0.1) is 0 Å². The molecule has 4 atom stereocenters. The van der Waals surface area contributed by atoms with Crippen molar-refractivity contribution in [2.75, 3.05) is 49.2 Å². The molecule has 0 unspecified atom stereocenters. The fourth-order valence-corrected chi connectivity index (χ4v) is 7.38. The van der Waals surface area contributed by atoms with Gasteiger partial charge in [0.2, 0.25) is 0 Å². The van der Waals surface area contributed by atoms with E-state index in [0.717, 1.165) is 0 Å². The van der Waals surface area contributed by atoms with Crippen LogP contribution >= 0.6 is 0 Å². The SMILES string of the molecule is O=S1(=O)C[C@@H](N2CCN([C@@H]3CS(=O)(=O)C[C@@H]3O)CC2)[C@@H](O)C1. The summed E-state index contributed by atoms with van der Waals surface area (Å²) in [6.07, 6.45) is -1.71. The highest BCUT2D eigenvalue weighted by molar-refractivity contribution is 7.92. The molecule has 22 heavy (non-hydrogen) atoms. The van der Waals surface area contributed by atoms with Crippen molar-refractivity contribution in [1.82, 2.24) is 9.80 Å². The van der Waals surface area contributed by atoms with E-state index in [2.05, 4.69) is 0 Å². The van der Waals surface area contributed by atoms with E-state index in [1.165, 1.54) is 0 Å². The highest BCUT2D eigenvalue weighted by Crippen LogP contribution is 2.23. The lowest BCUT2D eigenvalue weighted by atomic mass is 10.1. The van der Waals surface area contributed by atoms with Gasteiger partial charge in [0, 0.05) is 26.2 Å².